The number of anilines is 1. The van der Waals surface area contributed by atoms with E-state index < -0.39 is 18.1 Å². The van der Waals surface area contributed by atoms with E-state index in [1.807, 2.05) is 32.0 Å². The SMILES string of the molecule is CC1=NN(c2ccc(C)cc2C)C(=O)/C1=C\C1C(=O)NC(=S)NC1O. The van der Waals surface area contributed by atoms with Crippen molar-refractivity contribution in [3.8, 4) is 0 Å². The Morgan fingerprint density at radius 3 is 2.64 bits per heavy atom. The summed E-state index contributed by atoms with van der Waals surface area (Å²) in [6.45, 7) is 5.58. The highest BCUT2D eigenvalue weighted by Gasteiger charge is 2.36. The molecule has 0 spiro atoms. The molecule has 2 aliphatic heterocycles. The van der Waals surface area contributed by atoms with Crippen LogP contribution in [-0.2, 0) is 9.59 Å². The second-order valence-corrected chi connectivity index (χ2v) is 6.51. The largest absolute Gasteiger partial charge is 0.373 e. The zero-order valence-corrected chi connectivity index (χ0v) is 14.8. The molecule has 25 heavy (non-hydrogen) atoms. The van der Waals surface area contributed by atoms with E-state index in [-0.39, 0.29) is 16.6 Å². The zero-order valence-electron chi connectivity index (χ0n) is 14.0. The molecule has 2 aliphatic rings. The first-order chi connectivity index (χ1) is 11.8. The Balaban J connectivity index is 1.92. The summed E-state index contributed by atoms with van der Waals surface area (Å²) in [5.41, 5.74) is 3.47. The van der Waals surface area contributed by atoms with Crippen LogP contribution in [0.4, 0.5) is 5.69 Å². The number of aliphatic hydroxyl groups is 1. The first-order valence-corrected chi connectivity index (χ1v) is 8.17. The lowest BCUT2D eigenvalue weighted by Crippen LogP contribution is -2.57. The summed E-state index contributed by atoms with van der Waals surface area (Å²) in [5, 5.41) is 20.7. The van der Waals surface area contributed by atoms with Crippen LogP contribution in [0.15, 0.2) is 34.9 Å². The number of amides is 2. The zero-order chi connectivity index (χ0) is 18.3. The van der Waals surface area contributed by atoms with Crippen molar-refractivity contribution in [2.75, 3.05) is 5.01 Å². The number of aryl methyl sites for hydroxylation is 2. The fourth-order valence-corrected chi connectivity index (χ4v) is 3.08. The Kier molecular flexibility index (Phi) is 4.40. The first-order valence-electron chi connectivity index (χ1n) is 7.76. The van der Waals surface area contributed by atoms with Gasteiger partial charge in [0.05, 0.1) is 17.0 Å². The van der Waals surface area contributed by atoms with Crippen molar-refractivity contribution in [2.24, 2.45) is 11.0 Å². The second-order valence-electron chi connectivity index (χ2n) is 6.11. The number of hydrazone groups is 1. The van der Waals surface area contributed by atoms with Crippen LogP contribution < -0.4 is 15.6 Å². The van der Waals surface area contributed by atoms with Crippen molar-refractivity contribution in [2.45, 2.75) is 27.0 Å². The minimum atomic E-state index is -1.19. The standard InChI is InChI=1S/C17H18N4O3S/c1-8-4-5-13(9(2)6-8)21-16(24)11(10(3)20-21)7-12-14(22)18-17(25)19-15(12)23/h4-7,12,14,22H,1-3H3,(H2,18,19,23,25)/b11-7-. The minimum absolute atomic E-state index is 0.0622. The van der Waals surface area contributed by atoms with Crippen LogP contribution >= 0.6 is 12.2 Å². The van der Waals surface area contributed by atoms with Crippen LogP contribution in [0.3, 0.4) is 0 Å². The minimum Gasteiger partial charge on any atom is -0.373 e. The number of benzene rings is 1. The first kappa shape index (κ1) is 17.2. The van der Waals surface area contributed by atoms with E-state index >= 15 is 0 Å². The van der Waals surface area contributed by atoms with Crippen LogP contribution in [0.2, 0.25) is 0 Å². The molecule has 0 saturated carbocycles. The molecule has 0 aliphatic carbocycles. The number of rotatable bonds is 2. The molecule has 130 valence electrons. The van der Waals surface area contributed by atoms with Gasteiger partial charge in [-0.15, -0.1) is 0 Å². The number of carbonyl (C=O) groups is 2. The molecule has 1 saturated heterocycles. The van der Waals surface area contributed by atoms with Crippen molar-refractivity contribution >= 4 is 40.5 Å². The number of nitrogens with zero attached hydrogens (tertiary/aromatic N) is 2. The van der Waals surface area contributed by atoms with Crippen LogP contribution in [0.25, 0.3) is 0 Å². The third kappa shape index (κ3) is 3.18. The smallest absolute Gasteiger partial charge is 0.280 e. The maximum atomic E-state index is 12.8. The third-order valence-corrected chi connectivity index (χ3v) is 4.37. The third-order valence-electron chi connectivity index (χ3n) is 4.15. The van der Waals surface area contributed by atoms with Crippen LogP contribution in [-0.4, -0.2) is 34.0 Å². The Morgan fingerprint density at radius 2 is 2.00 bits per heavy atom. The summed E-state index contributed by atoms with van der Waals surface area (Å²) in [4.78, 5) is 24.8. The van der Waals surface area contributed by atoms with Crippen molar-refractivity contribution in [3.05, 3.63) is 41.0 Å². The van der Waals surface area contributed by atoms with E-state index in [1.165, 1.54) is 11.1 Å². The predicted molar refractivity (Wildman–Crippen MR) is 98.0 cm³/mol. The fraction of sp³-hybridized carbons (Fsp3) is 0.294. The highest BCUT2D eigenvalue weighted by atomic mass is 32.1. The molecule has 1 aromatic carbocycles. The molecule has 2 heterocycles. The highest BCUT2D eigenvalue weighted by molar-refractivity contribution is 7.80. The van der Waals surface area contributed by atoms with Crippen LogP contribution in [0, 0.1) is 19.8 Å². The van der Waals surface area contributed by atoms with E-state index in [9.17, 15) is 14.7 Å². The molecule has 2 atom stereocenters. The van der Waals surface area contributed by atoms with Crippen molar-refractivity contribution in [3.63, 3.8) is 0 Å². The summed E-state index contributed by atoms with van der Waals surface area (Å²) in [6.07, 6.45) is 0.240. The normalized spacial score (nSPS) is 25.1. The number of hydrogen-bond donors (Lipinski definition) is 3. The van der Waals surface area contributed by atoms with Crippen molar-refractivity contribution < 1.29 is 14.7 Å². The van der Waals surface area contributed by atoms with E-state index in [4.69, 9.17) is 12.2 Å². The highest BCUT2D eigenvalue weighted by Crippen LogP contribution is 2.28. The quantitative estimate of drug-likeness (QED) is 0.539. The predicted octanol–water partition coefficient (Wildman–Crippen LogP) is 0.891. The molecule has 0 bridgehead atoms. The Hall–Kier alpha value is -2.58. The van der Waals surface area contributed by atoms with Gasteiger partial charge in [-0.05, 0) is 44.6 Å². The average Bonchev–Trinajstić information content (AvgIpc) is 2.78. The van der Waals surface area contributed by atoms with Gasteiger partial charge in [0.25, 0.3) is 5.91 Å². The maximum Gasteiger partial charge on any atom is 0.280 e. The summed E-state index contributed by atoms with van der Waals surface area (Å²) < 4.78 is 0. The number of carbonyl (C=O) groups excluding carboxylic acids is 2. The molecule has 1 fully saturated rings. The van der Waals surface area contributed by atoms with Crippen LogP contribution in [0.5, 0.6) is 0 Å². The van der Waals surface area contributed by atoms with E-state index in [2.05, 4.69) is 15.7 Å². The lowest BCUT2D eigenvalue weighted by atomic mass is 9.99. The van der Waals surface area contributed by atoms with E-state index in [0.717, 1.165) is 11.1 Å². The molecule has 0 aromatic heterocycles. The van der Waals surface area contributed by atoms with Crippen molar-refractivity contribution in [1.82, 2.24) is 10.6 Å². The van der Waals surface area contributed by atoms with E-state index in [1.54, 1.807) is 6.92 Å². The number of hydrogen-bond acceptors (Lipinski definition) is 5. The molecule has 2 unspecified atom stereocenters. The molecular weight excluding hydrogens is 340 g/mol. The molecule has 3 rings (SSSR count). The average molecular weight is 358 g/mol. The summed E-state index contributed by atoms with van der Waals surface area (Å²) >= 11 is 4.83. The van der Waals surface area contributed by atoms with Gasteiger partial charge >= 0.3 is 0 Å². The fourth-order valence-electron chi connectivity index (χ4n) is 2.86. The van der Waals surface area contributed by atoms with Gasteiger partial charge in [-0.25, -0.2) is 0 Å². The summed E-state index contributed by atoms with van der Waals surface area (Å²) in [6, 6.07) is 5.72. The number of thiocarbonyl (C=S) groups is 1. The molecular formula is C17H18N4O3S. The van der Waals surface area contributed by atoms with Gasteiger partial charge in [-0.1, -0.05) is 23.8 Å². The van der Waals surface area contributed by atoms with Gasteiger partial charge in [0, 0.05) is 0 Å². The molecule has 3 N–H and O–H groups in total. The van der Waals surface area contributed by atoms with Gasteiger partial charge < -0.3 is 15.7 Å². The monoisotopic (exact) mass is 358 g/mol. The Labute approximate surface area is 150 Å². The van der Waals surface area contributed by atoms with Gasteiger partial charge in [0.15, 0.2) is 5.11 Å². The second kappa shape index (κ2) is 6.38. The topological polar surface area (TPSA) is 94.0 Å². The summed E-state index contributed by atoms with van der Waals surface area (Å²) in [5.74, 6) is -1.73. The van der Waals surface area contributed by atoms with Gasteiger partial charge in [0.2, 0.25) is 5.91 Å². The Morgan fingerprint density at radius 1 is 1.28 bits per heavy atom. The van der Waals surface area contributed by atoms with Gasteiger partial charge in [-0.2, -0.15) is 10.1 Å². The molecule has 0 radical (unpaired) electrons. The molecule has 7 nitrogen and oxygen atoms in total. The number of nitrogens with one attached hydrogen (secondary N) is 2. The van der Waals surface area contributed by atoms with Crippen molar-refractivity contribution in [1.29, 1.82) is 0 Å². The van der Waals surface area contributed by atoms with Crippen LogP contribution in [0.1, 0.15) is 18.1 Å². The molecule has 1 aromatic rings. The molecule has 8 heteroatoms. The summed E-state index contributed by atoms with van der Waals surface area (Å²) in [7, 11) is 0. The lowest BCUT2D eigenvalue weighted by molar-refractivity contribution is -0.126. The van der Waals surface area contributed by atoms with E-state index in [0.29, 0.717) is 11.4 Å². The Bertz CT molecular complexity index is 846. The van der Waals surface area contributed by atoms with Gasteiger partial charge in [0.1, 0.15) is 12.1 Å². The molecule has 2 amide bonds. The maximum absolute atomic E-state index is 12.8. The van der Waals surface area contributed by atoms with Gasteiger partial charge in [-0.3, -0.25) is 9.59 Å². The lowest BCUT2D eigenvalue weighted by Gasteiger charge is -2.27. The number of aliphatic hydroxyl groups excluding tert-OH is 1.